The molecule has 0 aliphatic rings. The molecule has 4 heteroatoms. The van der Waals surface area contributed by atoms with Crippen molar-refractivity contribution in [2.45, 2.75) is 6.54 Å². The van der Waals surface area contributed by atoms with Gasteiger partial charge in [-0.3, -0.25) is 0 Å². The summed E-state index contributed by atoms with van der Waals surface area (Å²) in [6.07, 6.45) is 0. The fraction of sp³-hybridized carbons (Fsp3) is 0.235. The van der Waals surface area contributed by atoms with E-state index in [1.165, 1.54) is 0 Å². The second-order valence-electron chi connectivity index (χ2n) is 4.73. The van der Waals surface area contributed by atoms with Gasteiger partial charge >= 0.3 is 6.03 Å². The number of para-hydroxylation sites is 1. The Labute approximate surface area is 125 Å². The summed E-state index contributed by atoms with van der Waals surface area (Å²) in [7, 11) is 1.76. The number of hydrogen-bond donors (Lipinski definition) is 1. The van der Waals surface area contributed by atoms with Crippen LogP contribution >= 0.6 is 0 Å². The third-order valence-electron chi connectivity index (χ3n) is 3.07. The molecule has 2 aromatic carbocycles. The van der Waals surface area contributed by atoms with Gasteiger partial charge in [0.15, 0.2) is 0 Å². The van der Waals surface area contributed by atoms with E-state index in [2.05, 4.69) is 5.32 Å². The maximum absolute atomic E-state index is 11.9. The van der Waals surface area contributed by atoms with Gasteiger partial charge in [-0.2, -0.15) is 0 Å². The van der Waals surface area contributed by atoms with Crippen LogP contribution in [-0.2, 0) is 6.54 Å². The van der Waals surface area contributed by atoms with Gasteiger partial charge in [-0.25, -0.2) is 4.79 Å². The molecule has 0 fully saturated rings. The third kappa shape index (κ3) is 5.18. The van der Waals surface area contributed by atoms with Crippen LogP contribution in [0.5, 0.6) is 5.75 Å². The Hall–Kier alpha value is -2.49. The van der Waals surface area contributed by atoms with Crippen molar-refractivity contribution in [2.24, 2.45) is 0 Å². The summed E-state index contributed by atoms with van der Waals surface area (Å²) < 4.78 is 5.57. The molecule has 0 unspecified atom stereocenters. The highest BCUT2D eigenvalue weighted by Crippen LogP contribution is 2.07. The minimum absolute atomic E-state index is 0.101. The minimum Gasteiger partial charge on any atom is -0.492 e. The molecule has 0 aliphatic heterocycles. The quantitative estimate of drug-likeness (QED) is 0.886. The molecule has 0 spiro atoms. The van der Waals surface area contributed by atoms with Crippen LogP contribution < -0.4 is 10.1 Å². The highest BCUT2D eigenvalue weighted by molar-refractivity contribution is 5.73. The van der Waals surface area contributed by atoms with Crippen molar-refractivity contribution >= 4 is 6.03 Å². The molecule has 0 aromatic heterocycles. The van der Waals surface area contributed by atoms with Crippen molar-refractivity contribution in [1.29, 1.82) is 0 Å². The van der Waals surface area contributed by atoms with E-state index in [4.69, 9.17) is 4.74 Å². The van der Waals surface area contributed by atoms with E-state index >= 15 is 0 Å². The second-order valence-corrected chi connectivity index (χ2v) is 4.73. The first-order valence-corrected chi connectivity index (χ1v) is 6.96. The van der Waals surface area contributed by atoms with Crippen molar-refractivity contribution in [3.8, 4) is 5.75 Å². The first-order chi connectivity index (χ1) is 10.3. The molecule has 0 heterocycles. The molecule has 0 aliphatic carbocycles. The van der Waals surface area contributed by atoms with Crippen LogP contribution in [0.25, 0.3) is 0 Å². The first kappa shape index (κ1) is 14.9. The molecule has 0 saturated heterocycles. The number of benzene rings is 2. The standard InChI is InChI=1S/C17H20N2O2/c1-19(12-13-21-16-10-6-3-7-11-16)17(20)18-14-15-8-4-2-5-9-15/h2-11H,12-14H2,1H3,(H,18,20). The number of rotatable bonds is 6. The molecule has 0 atom stereocenters. The Bertz CT molecular complexity index is 543. The maximum Gasteiger partial charge on any atom is 0.317 e. The molecule has 0 radical (unpaired) electrons. The van der Waals surface area contributed by atoms with Crippen molar-refractivity contribution in [3.05, 3.63) is 66.2 Å². The third-order valence-corrected chi connectivity index (χ3v) is 3.07. The summed E-state index contributed by atoms with van der Waals surface area (Å²) >= 11 is 0. The zero-order valence-corrected chi connectivity index (χ0v) is 12.2. The van der Waals surface area contributed by atoms with Gasteiger partial charge in [0.2, 0.25) is 0 Å². The molecule has 4 nitrogen and oxygen atoms in total. The van der Waals surface area contributed by atoms with E-state index in [0.29, 0.717) is 19.7 Å². The lowest BCUT2D eigenvalue weighted by Gasteiger charge is -2.18. The van der Waals surface area contributed by atoms with Crippen molar-refractivity contribution in [3.63, 3.8) is 0 Å². The van der Waals surface area contributed by atoms with Gasteiger partial charge in [0.1, 0.15) is 12.4 Å². The van der Waals surface area contributed by atoms with E-state index in [0.717, 1.165) is 11.3 Å². The summed E-state index contributed by atoms with van der Waals surface area (Å²) in [4.78, 5) is 13.5. The number of ether oxygens (including phenoxy) is 1. The lowest BCUT2D eigenvalue weighted by molar-refractivity contribution is 0.195. The van der Waals surface area contributed by atoms with Crippen LogP contribution in [0.15, 0.2) is 60.7 Å². The summed E-state index contributed by atoms with van der Waals surface area (Å²) in [6.45, 7) is 1.54. The highest BCUT2D eigenvalue weighted by atomic mass is 16.5. The summed E-state index contributed by atoms with van der Waals surface area (Å²) in [5.41, 5.74) is 1.08. The van der Waals surface area contributed by atoms with Gasteiger partial charge in [-0.05, 0) is 17.7 Å². The van der Waals surface area contributed by atoms with Crippen molar-refractivity contribution < 1.29 is 9.53 Å². The predicted octanol–water partition coefficient (Wildman–Crippen LogP) is 2.91. The normalized spacial score (nSPS) is 9.95. The van der Waals surface area contributed by atoms with Crippen LogP contribution in [0.3, 0.4) is 0 Å². The molecular formula is C17H20N2O2. The maximum atomic E-state index is 11.9. The summed E-state index contributed by atoms with van der Waals surface area (Å²) in [5, 5.41) is 2.88. The van der Waals surface area contributed by atoms with E-state index in [1.807, 2.05) is 60.7 Å². The van der Waals surface area contributed by atoms with Crippen LogP contribution in [0.1, 0.15) is 5.56 Å². The molecule has 2 aromatic rings. The molecule has 1 N–H and O–H groups in total. The molecule has 2 rings (SSSR count). The molecule has 0 bridgehead atoms. The molecule has 2 amide bonds. The number of hydrogen-bond acceptors (Lipinski definition) is 2. The van der Waals surface area contributed by atoms with Crippen molar-refractivity contribution in [2.75, 3.05) is 20.2 Å². The van der Waals surface area contributed by atoms with Gasteiger partial charge in [-0.15, -0.1) is 0 Å². The SMILES string of the molecule is CN(CCOc1ccccc1)C(=O)NCc1ccccc1. The largest absolute Gasteiger partial charge is 0.492 e. The number of nitrogens with one attached hydrogen (secondary N) is 1. The number of nitrogens with zero attached hydrogens (tertiary/aromatic N) is 1. The smallest absolute Gasteiger partial charge is 0.317 e. The van der Waals surface area contributed by atoms with Gasteiger partial charge in [-0.1, -0.05) is 48.5 Å². The Morgan fingerprint density at radius 2 is 1.67 bits per heavy atom. The Morgan fingerprint density at radius 1 is 1.05 bits per heavy atom. The summed E-state index contributed by atoms with van der Waals surface area (Å²) in [5.74, 6) is 0.815. The highest BCUT2D eigenvalue weighted by Gasteiger charge is 2.07. The zero-order valence-electron chi connectivity index (χ0n) is 12.2. The Kier molecular flexibility index (Phi) is 5.64. The number of carbonyl (C=O) groups excluding carboxylic acids is 1. The first-order valence-electron chi connectivity index (χ1n) is 6.96. The van der Waals surface area contributed by atoms with Gasteiger partial charge in [0.05, 0.1) is 6.54 Å². The average molecular weight is 284 g/mol. The fourth-order valence-electron chi connectivity index (χ4n) is 1.83. The van der Waals surface area contributed by atoms with Crippen LogP contribution in [-0.4, -0.2) is 31.1 Å². The minimum atomic E-state index is -0.101. The van der Waals surface area contributed by atoms with E-state index in [-0.39, 0.29) is 6.03 Å². The molecule has 110 valence electrons. The Morgan fingerprint density at radius 3 is 2.33 bits per heavy atom. The number of amides is 2. The number of urea groups is 1. The summed E-state index contributed by atoms with van der Waals surface area (Å²) in [6, 6.07) is 19.3. The van der Waals surface area contributed by atoms with E-state index < -0.39 is 0 Å². The lowest BCUT2D eigenvalue weighted by atomic mass is 10.2. The van der Waals surface area contributed by atoms with E-state index in [9.17, 15) is 4.79 Å². The van der Waals surface area contributed by atoms with Crippen molar-refractivity contribution in [1.82, 2.24) is 10.2 Å². The second kappa shape index (κ2) is 7.94. The van der Waals surface area contributed by atoms with Gasteiger partial charge in [0.25, 0.3) is 0 Å². The fourth-order valence-corrected chi connectivity index (χ4v) is 1.83. The average Bonchev–Trinajstić information content (AvgIpc) is 2.54. The van der Waals surface area contributed by atoms with Gasteiger partial charge < -0.3 is 15.0 Å². The number of carbonyl (C=O) groups is 1. The zero-order chi connectivity index (χ0) is 14.9. The Balaban J connectivity index is 1.68. The van der Waals surface area contributed by atoms with Crippen LogP contribution in [0, 0.1) is 0 Å². The molecule has 21 heavy (non-hydrogen) atoms. The molecular weight excluding hydrogens is 264 g/mol. The monoisotopic (exact) mass is 284 g/mol. The van der Waals surface area contributed by atoms with Crippen LogP contribution in [0.4, 0.5) is 4.79 Å². The topological polar surface area (TPSA) is 41.6 Å². The lowest BCUT2D eigenvalue weighted by Crippen LogP contribution is -2.39. The van der Waals surface area contributed by atoms with E-state index in [1.54, 1.807) is 11.9 Å². The van der Waals surface area contributed by atoms with Gasteiger partial charge in [0, 0.05) is 13.6 Å². The molecule has 0 saturated carbocycles. The van der Waals surface area contributed by atoms with Crippen LogP contribution in [0.2, 0.25) is 0 Å². The number of likely N-dealkylation sites (N-methyl/N-ethyl adjacent to an activating group) is 1. The predicted molar refractivity (Wildman–Crippen MR) is 83.2 cm³/mol.